The summed E-state index contributed by atoms with van der Waals surface area (Å²) in [5.41, 5.74) is 1.34. The van der Waals surface area contributed by atoms with E-state index >= 15 is 0 Å². The Bertz CT molecular complexity index is 1420. The van der Waals surface area contributed by atoms with E-state index in [9.17, 15) is 13.2 Å². The molecule has 12 heteroatoms. The summed E-state index contributed by atoms with van der Waals surface area (Å²) in [6, 6.07) is 14.3. The first-order valence-electron chi connectivity index (χ1n) is 14.2. The number of amides is 1. The average molecular weight is 600 g/mol. The molecule has 11 nitrogen and oxygen atoms in total. The smallest absolute Gasteiger partial charge is 0.404 e. The molecule has 228 valence electrons. The fraction of sp³-hybridized carbons (Fsp3) is 0.500. The molecule has 1 atom stereocenters. The van der Waals surface area contributed by atoms with Gasteiger partial charge in [-0.05, 0) is 59.6 Å². The first-order valence-corrected chi connectivity index (χ1v) is 15.7. The van der Waals surface area contributed by atoms with Gasteiger partial charge < -0.3 is 24.6 Å². The number of sulfonamides is 1. The lowest BCUT2D eigenvalue weighted by Gasteiger charge is -2.30. The van der Waals surface area contributed by atoms with Crippen molar-refractivity contribution in [3.63, 3.8) is 0 Å². The number of benzene rings is 2. The van der Waals surface area contributed by atoms with Crippen LogP contribution in [0.25, 0.3) is 11.1 Å². The minimum absolute atomic E-state index is 0.0573. The van der Waals surface area contributed by atoms with Gasteiger partial charge in [0, 0.05) is 25.6 Å². The summed E-state index contributed by atoms with van der Waals surface area (Å²) in [5.74, 6) is 2.19. The molecule has 0 radical (unpaired) electrons. The number of anilines is 1. The van der Waals surface area contributed by atoms with Crippen molar-refractivity contribution in [1.29, 1.82) is 0 Å². The maximum Gasteiger partial charge on any atom is 0.404 e. The molecule has 2 aromatic carbocycles. The van der Waals surface area contributed by atoms with Gasteiger partial charge in [-0.15, -0.1) is 0 Å². The van der Waals surface area contributed by atoms with Gasteiger partial charge in [0.25, 0.3) is 0 Å². The highest BCUT2D eigenvalue weighted by Gasteiger charge is 2.28. The lowest BCUT2D eigenvalue weighted by atomic mass is 9.87. The maximum atomic E-state index is 12.8. The number of nitrogens with zero attached hydrogens (tertiary/aromatic N) is 3. The number of nitrogens with one attached hydrogen (secondary N) is 2. The molecule has 1 fully saturated rings. The molecular weight excluding hydrogens is 558 g/mol. The summed E-state index contributed by atoms with van der Waals surface area (Å²) in [4.78, 5) is 17.9. The van der Waals surface area contributed by atoms with Crippen LogP contribution in [0.4, 0.5) is 10.8 Å². The summed E-state index contributed by atoms with van der Waals surface area (Å²) >= 11 is 0. The van der Waals surface area contributed by atoms with E-state index in [0.29, 0.717) is 18.5 Å². The van der Waals surface area contributed by atoms with Crippen molar-refractivity contribution in [2.75, 3.05) is 31.1 Å². The van der Waals surface area contributed by atoms with E-state index in [0.717, 1.165) is 48.6 Å². The van der Waals surface area contributed by atoms with Gasteiger partial charge in [-0.3, -0.25) is 0 Å². The molecule has 42 heavy (non-hydrogen) atoms. The Labute approximate surface area is 247 Å². The van der Waals surface area contributed by atoms with E-state index in [2.05, 4.69) is 25.1 Å². The highest BCUT2D eigenvalue weighted by atomic mass is 32.2. The number of piperidine rings is 1. The van der Waals surface area contributed by atoms with Crippen LogP contribution in [0, 0.1) is 11.3 Å². The van der Waals surface area contributed by atoms with Gasteiger partial charge >= 0.3 is 12.1 Å². The maximum absolute atomic E-state index is 12.8. The van der Waals surface area contributed by atoms with Gasteiger partial charge in [-0.25, -0.2) is 17.9 Å². The molecular formula is C30H41N5O6S. The van der Waals surface area contributed by atoms with Crippen molar-refractivity contribution in [2.45, 2.75) is 64.3 Å². The quantitative estimate of drug-likeness (QED) is 0.273. The molecule has 1 aliphatic heterocycles. The van der Waals surface area contributed by atoms with Crippen LogP contribution >= 0.6 is 0 Å². The second-order valence-electron chi connectivity index (χ2n) is 12.1. The third kappa shape index (κ3) is 8.22. The van der Waals surface area contributed by atoms with Crippen molar-refractivity contribution in [2.24, 2.45) is 11.3 Å². The second kappa shape index (κ2) is 13.1. The first-order chi connectivity index (χ1) is 19.8. The zero-order valence-electron chi connectivity index (χ0n) is 24.8. The van der Waals surface area contributed by atoms with Crippen LogP contribution in [0.5, 0.6) is 5.75 Å². The molecule has 0 spiro atoms. The third-order valence-corrected chi connectivity index (χ3v) is 8.93. The Kier molecular flexibility index (Phi) is 9.78. The molecule has 0 saturated carbocycles. The molecule has 0 bridgehead atoms. The van der Waals surface area contributed by atoms with E-state index in [1.165, 1.54) is 0 Å². The molecule has 3 aromatic rings. The Morgan fingerprint density at radius 3 is 2.19 bits per heavy atom. The average Bonchev–Trinajstić information content (AvgIpc) is 3.45. The minimum Gasteiger partial charge on any atom is -0.493 e. The Hall–Kier alpha value is -3.64. The monoisotopic (exact) mass is 599 g/mol. The minimum atomic E-state index is -3.81. The standard InChI is InChI=1S/C30H41N5O6S/c1-20(2)27-33-28(41-34-27)35-16-14-21(15-17-35)19-40-24-10-6-22(7-11-24)23-8-12-25(13-9-23)42(38,39)31-18-26(30(3,4)5)32-29(36)37/h6-13,20-21,26,31-32H,14-19H2,1-5H3,(H,36,37). The molecule has 1 amide bonds. The number of hydrogen-bond donors (Lipinski definition) is 3. The lowest BCUT2D eigenvalue weighted by Crippen LogP contribution is -2.50. The van der Waals surface area contributed by atoms with Gasteiger partial charge in [0.2, 0.25) is 10.0 Å². The van der Waals surface area contributed by atoms with Gasteiger partial charge in [0.15, 0.2) is 5.82 Å². The second-order valence-corrected chi connectivity index (χ2v) is 13.9. The molecule has 1 aromatic heterocycles. The zero-order chi connectivity index (χ0) is 30.5. The van der Waals surface area contributed by atoms with Crippen LogP contribution in [0.3, 0.4) is 0 Å². The summed E-state index contributed by atoms with van der Waals surface area (Å²) in [5, 5.41) is 15.5. The van der Waals surface area contributed by atoms with Crippen molar-refractivity contribution in [3.8, 4) is 16.9 Å². The number of hydrogen-bond acceptors (Lipinski definition) is 8. The summed E-state index contributed by atoms with van der Waals surface area (Å²) in [7, 11) is -3.81. The number of carbonyl (C=O) groups is 1. The molecule has 4 rings (SSSR count). The summed E-state index contributed by atoms with van der Waals surface area (Å²) < 4.78 is 39.7. The van der Waals surface area contributed by atoms with E-state index in [1.807, 2.05) is 58.9 Å². The van der Waals surface area contributed by atoms with Crippen molar-refractivity contribution >= 4 is 22.1 Å². The number of rotatable bonds is 11. The van der Waals surface area contributed by atoms with Crippen molar-refractivity contribution < 1.29 is 27.6 Å². The number of ether oxygens (including phenoxy) is 1. The van der Waals surface area contributed by atoms with E-state index in [4.69, 9.17) is 14.4 Å². The Balaban J connectivity index is 1.27. The highest BCUT2D eigenvalue weighted by molar-refractivity contribution is 7.89. The molecule has 1 aliphatic rings. The zero-order valence-corrected chi connectivity index (χ0v) is 25.6. The topological polar surface area (TPSA) is 147 Å². The fourth-order valence-electron chi connectivity index (χ4n) is 4.66. The lowest BCUT2D eigenvalue weighted by molar-refractivity contribution is 0.175. The molecule has 1 saturated heterocycles. The predicted molar refractivity (Wildman–Crippen MR) is 160 cm³/mol. The van der Waals surface area contributed by atoms with Crippen LogP contribution in [0.1, 0.15) is 59.2 Å². The van der Waals surface area contributed by atoms with Gasteiger partial charge in [0.05, 0.1) is 17.5 Å². The Morgan fingerprint density at radius 2 is 1.67 bits per heavy atom. The normalized spacial score (nSPS) is 15.5. The SMILES string of the molecule is CC(C)c1noc(N2CCC(COc3ccc(-c4ccc(S(=O)(=O)NCC(NC(=O)O)C(C)(C)C)cc4)cc3)CC2)n1. The number of carboxylic acid groups (broad SMARTS) is 1. The van der Waals surface area contributed by atoms with Crippen LogP contribution in [-0.2, 0) is 10.0 Å². The molecule has 2 heterocycles. The molecule has 3 N–H and O–H groups in total. The van der Waals surface area contributed by atoms with E-state index in [1.54, 1.807) is 24.3 Å². The van der Waals surface area contributed by atoms with Crippen molar-refractivity contribution in [3.05, 3.63) is 54.4 Å². The third-order valence-electron chi connectivity index (χ3n) is 7.49. The van der Waals surface area contributed by atoms with Crippen molar-refractivity contribution in [1.82, 2.24) is 20.2 Å². The highest BCUT2D eigenvalue weighted by Crippen LogP contribution is 2.27. The first kappa shape index (κ1) is 31.3. The largest absolute Gasteiger partial charge is 0.493 e. The van der Waals surface area contributed by atoms with Gasteiger partial charge in [-0.1, -0.05) is 64.0 Å². The van der Waals surface area contributed by atoms with Gasteiger partial charge in [0.1, 0.15) is 5.75 Å². The summed E-state index contributed by atoms with van der Waals surface area (Å²) in [6.07, 6.45) is 0.764. The number of aromatic nitrogens is 2. The van der Waals surface area contributed by atoms with E-state index < -0.39 is 27.6 Å². The van der Waals surface area contributed by atoms with Crippen LogP contribution < -0.4 is 19.7 Å². The fourth-order valence-corrected chi connectivity index (χ4v) is 5.71. The molecule has 1 unspecified atom stereocenters. The predicted octanol–water partition coefficient (Wildman–Crippen LogP) is 5.12. The van der Waals surface area contributed by atoms with Crippen LogP contribution in [-0.4, -0.2) is 62.0 Å². The van der Waals surface area contributed by atoms with Crippen LogP contribution in [0.2, 0.25) is 0 Å². The van der Waals surface area contributed by atoms with Gasteiger partial charge in [-0.2, -0.15) is 4.98 Å². The Morgan fingerprint density at radius 1 is 1.07 bits per heavy atom. The van der Waals surface area contributed by atoms with E-state index in [-0.39, 0.29) is 17.4 Å². The summed E-state index contributed by atoms with van der Waals surface area (Å²) in [6.45, 7) is 11.9. The van der Waals surface area contributed by atoms with Crippen LogP contribution in [0.15, 0.2) is 57.9 Å². The molecule has 0 aliphatic carbocycles.